The van der Waals surface area contributed by atoms with Crippen LogP contribution in [0.15, 0.2) is 0 Å². The van der Waals surface area contributed by atoms with Crippen LogP contribution in [-0.2, 0) is 9.46 Å². The summed E-state index contributed by atoms with van der Waals surface area (Å²) in [5.74, 6) is 0. The Hall–Kier alpha value is 0.170. The number of alkyl halides is 3. The standard InChI is InChI=1S/C6H12F3O2PS/c1-2-3-4-5-12-13(10,11)6(7,8)9/h12H,2-5H2,1H3. The van der Waals surface area contributed by atoms with E-state index in [1.54, 1.807) is 0 Å². The molecule has 0 aromatic carbocycles. The third-order valence-electron chi connectivity index (χ3n) is 1.38. The van der Waals surface area contributed by atoms with Crippen LogP contribution in [-0.4, -0.2) is 20.1 Å². The van der Waals surface area contributed by atoms with Gasteiger partial charge in [-0.15, -0.1) is 0 Å². The number of unbranched alkanes of at least 4 members (excludes halogenated alkanes) is 2. The van der Waals surface area contributed by atoms with Crippen molar-refractivity contribution < 1.29 is 21.6 Å². The predicted octanol–water partition coefficient (Wildman–Crippen LogP) is 2.70. The lowest BCUT2D eigenvalue weighted by Gasteiger charge is -2.06. The molecule has 0 fully saturated rings. The highest BCUT2D eigenvalue weighted by Gasteiger charge is 2.44. The van der Waals surface area contributed by atoms with E-state index >= 15 is 0 Å². The molecular weight excluding hydrogens is 224 g/mol. The first-order valence-electron chi connectivity index (χ1n) is 3.87. The molecule has 0 spiro atoms. The van der Waals surface area contributed by atoms with Crippen LogP contribution in [0.25, 0.3) is 0 Å². The van der Waals surface area contributed by atoms with Gasteiger partial charge in [0, 0.05) is 7.78 Å². The highest BCUT2D eigenvalue weighted by molar-refractivity contribution is 8.44. The van der Waals surface area contributed by atoms with Crippen LogP contribution in [0.4, 0.5) is 13.2 Å². The molecule has 13 heavy (non-hydrogen) atoms. The maximum Gasteiger partial charge on any atom is 0.500 e. The minimum atomic E-state index is -5.07. The van der Waals surface area contributed by atoms with Crippen molar-refractivity contribution >= 4 is 17.2 Å². The first kappa shape index (κ1) is 13.2. The molecule has 0 saturated carbocycles. The lowest BCUT2D eigenvalue weighted by atomic mass is 10.3. The van der Waals surface area contributed by atoms with Gasteiger partial charge in [0.25, 0.3) is 9.46 Å². The van der Waals surface area contributed by atoms with Gasteiger partial charge < -0.3 is 0 Å². The highest BCUT2D eigenvalue weighted by Crippen LogP contribution is 2.37. The fourth-order valence-electron chi connectivity index (χ4n) is 0.663. The molecule has 1 unspecified atom stereocenters. The lowest BCUT2D eigenvalue weighted by molar-refractivity contribution is -0.0411. The molecular formula is C6H12F3O2PS. The zero-order valence-corrected chi connectivity index (χ0v) is 9.00. The second kappa shape index (κ2) is 5.15. The average molecular weight is 236 g/mol. The van der Waals surface area contributed by atoms with E-state index in [0.717, 1.165) is 12.8 Å². The van der Waals surface area contributed by atoms with Crippen LogP contribution in [0, 0.1) is 0 Å². The molecule has 0 aliphatic heterocycles. The minimum Gasteiger partial charge on any atom is -0.216 e. The molecule has 7 heteroatoms. The highest BCUT2D eigenvalue weighted by atomic mass is 32.8. The van der Waals surface area contributed by atoms with Gasteiger partial charge in [-0.3, -0.25) is 0 Å². The van der Waals surface area contributed by atoms with E-state index < -0.39 is 22.7 Å². The van der Waals surface area contributed by atoms with Gasteiger partial charge in [-0.25, -0.2) is 8.42 Å². The van der Waals surface area contributed by atoms with Crippen LogP contribution in [0.1, 0.15) is 26.2 Å². The second-order valence-electron chi connectivity index (χ2n) is 2.55. The Morgan fingerprint density at radius 1 is 1.23 bits per heavy atom. The molecule has 1 atom stereocenters. The summed E-state index contributed by atoms with van der Waals surface area (Å²) in [7, 11) is -5.88. The molecule has 0 radical (unpaired) electrons. The van der Waals surface area contributed by atoms with E-state index in [-0.39, 0.29) is 6.16 Å². The average Bonchev–Trinajstić information content (AvgIpc) is 1.96. The predicted molar refractivity (Wildman–Crippen MR) is 47.7 cm³/mol. The zero-order valence-electron chi connectivity index (χ0n) is 7.19. The van der Waals surface area contributed by atoms with Crippen molar-refractivity contribution in [3.05, 3.63) is 0 Å². The molecule has 0 aromatic rings. The zero-order chi connectivity index (χ0) is 10.5. The van der Waals surface area contributed by atoms with E-state index in [4.69, 9.17) is 0 Å². The topological polar surface area (TPSA) is 34.1 Å². The molecule has 0 N–H and O–H groups in total. The fraction of sp³-hybridized carbons (Fsp3) is 1.00. The second-order valence-corrected chi connectivity index (χ2v) is 7.29. The van der Waals surface area contributed by atoms with E-state index in [2.05, 4.69) is 0 Å². The maximum atomic E-state index is 11.8. The van der Waals surface area contributed by atoms with Gasteiger partial charge in [-0.05, 0) is 12.6 Å². The van der Waals surface area contributed by atoms with Gasteiger partial charge >= 0.3 is 5.51 Å². The van der Waals surface area contributed by atoms with Gasteiger partial charge in [-0.1, -0.05) is 19.8 Å². The van der Waals surface area contributed by atoms with Crippen molar-refractivity contribution in [3.8, 4) is 0 Å². The van der Waals surface area contributed by atoms with Gasteiger partial charge in [0.05, 0.1) is 0 Å². The van der Waals surface area contributed by atoms with E-state index in [1.165, 1.54) is 0 Å². The number of hydrogen-bond donors (Lipinski definition) is 0. The number of hydrogen-bond acceptors (Lipinski definition) is 2. The number of rotatable bonds is 5. The van der Waals surface area contributed by atoms with Crippen molar-refractivity contribution in [1.29, 1.82) is 0 Å². The van der Waals surface area contributed by atoms with Crippen LogP contribution in [0.3, 0.4) is 0 Å². The fourth-order valence-corrected chi connectivity index (χ4v) is 3.22. The van der Waals surface area contributed by atoms with Crippen molar-refractivity contribution in [2.45, 2.75) is 31.7 Å². The smallest absolute Gasteiger partial charge is 0.216 e. The Balaban J connectivity index is 3.92. The first-order chi connectivity index (χ1) is 5.81. The van der Waals surface area contributed by atoms with Crippen LogP contribution >= 0.6 is 7.78 Å². The summed E-state index contributed by atoms with van der Waals surface area (Å²) in [6.07, 6.45) is 2.32. The molecule has 0 saturated heterocycles. The third-order valence-corrected chi connectivity index (χ3v) is 5.37. The Bertz CT molecular complexity index is 235. The van der Waals surface area contributed by atoms with Crippen LogP contribution < -0.4 is 0 Å². The van der Waals surface area contributed by atoms with Gasteiger partial charge in [0.15, 0.2) is 0 Å². The van der Waals surface area contributed by atoms with Gasteiger partial charge in [0.2, 0.25) is 0 Å². The van der Waals surface area contributed by atoms with Crippen molar-refractivity contribution in [3.63, 3.8) is 0 Å². The summed E-state index contributed by atoms with van der Waals surface area (Å²) in [5.41, 5.74) is -5.07. The van der Waals surface area contributed by atoms with Crippen molar-refractivity contribution in [2.75, 3.05) is 6.16 Å². The summed E-state index contributed by atoms with van der Waals surface area (Å²) >= 11 is 0. The Kier molecular flexibility index (Phi) is 5.22. The first-order valence-corrected chi connectivity index (χ1v) is 7.28. The van der Waals surface area contributed by atoms with E-state index in [9.17, 15) is 21.6 Å². The molecule has 0 amide bonds. The van der Waals surface area contributed by atoms with Gasteiger partial charge in [-0.2, -0.15) is 13.2 Å². The van der Waals surface area contributed by atoms with Crippen LogP contribution in [0.5, 0.6) is 0 Å². The monoisotopic (exact) mass is 236 g/mol. The minimum absolute atomic E-state index is 0.121. The quantitative estimate of drug-likeness (QED) is 0.543. The summed E-state index contributed by atoms with van der Waals surface area (Å²) in [6.45, 7) is 1.90. The normalized spacial score (nSPS) is 14.2. The van der Waals surface area contributed by atoms with Crippen LogP contribution in [0.2, 0.25) is 0 Å². The summed E-state index contributed by atoms with van der Waals surface area (Å²) in [4.78, 5) is 0. The van der Waals surface area contributed by atoms with Crippen molar-refractivity contribution in [2.24, 2.45) is 0 Å². The lowest BCUT2D eigenvalue weighted by Crippen LogP contribution is -2.18. The Labute approximate surface area is 77.3 Å². The molecule has 0 heterocycles. The third kappa shape index (κ3) is 4.81. The Morgan fingerprint density at radius 2 is 1.77 bits per heavy atom. The molecule has 2 nitrogen and oxygen atoms in total. The molecule has 0 rings (SSSR count). The molecule has 80 valence electrons. The maximum absolute atomic E-state index is 11.8. The van der Waals surface area contributed by atoms with E-state index in [0.29, 0.717) is 6.42 Å². The number of halogens is 3. The summed E-state index contributed by atoms with van der Waals surface area (Å²) in [5, 5.41) is 0. The molecule has 0 bridgehead atoms. The van der Waals surface area contributed by atoms with Crippen molar-refractivity contribution in [1.82, 2.24) is 0 Å². The SMILES string of the molecule is CCCCCPS(=O)(=O)C(F)(F)F. The van der Waals surface area contributed by atoms with E-state index in [1.807, 2.05) is 6.92 Å². The van der Waals surface area contributed by atoms with Gasteiger partial charge in [0.1, 0.15) is 0 Å². The molecule has 0 aromatic heterocycles. The molecule has 0 aliphatic carbocycles. The largest absolute Gasteiger partial charge is 0.500 e. The molecule has 0 aliphatic rings. The summed E-state index contributed by atoms with van der Waals surface area (Å²) in [6, 6.07) is 0. The Morgan fingerprint density at radius 3 is 2.15 bits per heavy atom. The summed E-state index contributed by atoms with van der Waals surface area (Å²) < 4.78 is 56.3.